The highest BCUT2D eigenvalue weighted by Crippen LogP contribution is 2.28. The summed E-state index contributed by atoms with van der Waals surface area (Å²) in [6.45, 7) is 6.69. The highest BCUT2D eigenvalue weighted by atomic mass is 16.5. The van der Waals surface area contributed by atoms with Crippen LogP contribution < -0.4 is 4.74 Å². The molecular weight excluding hydrogens is 318 g/mol. The summed E-state index contributed by atoms with van der Waals surface area (Å²) >= 11 is 0. The topological polar surface area (TPSA) is 22.1 Å². The number of fused-ring (bicyclic) bond motifs is 2. The van der Waals surface area contributed by atoms with Gasteiger partial charge in [-0.3, -0.25) is 4.98 Å². The SMILES string of the molecule is CC(C)(C)c1ccnc2ccccc12.COc1cccc2ccccc12. The maximum absolute atomic E-state index is 5.23. The summed E-state index contributed by atoms with van der Waals surface area (Å²) in [6, 6.07) is 24.7. The van der Waals surface area contributed by atoms with Crippen molar-refractivity contribution in [2.24, 2.45) is 0 Å². The third-order valence-corrected chi connectivity index (χ3v) is 4.43. The lowest BCUT2D eigenvalue weighted by atomic mass is 9.85. The summed E-state index contributed by atoms with van der Waals surface area (Å²) in [5, 5.41) is 3.65. The lowest BCUT2D eigenvalue weighted by Crippen LogP contribution is -2.11. The lowest BCUT2D eigenvalue weighted by molar-refractivity contribution is 0.420. The maximum atomic E-state index is 5.23. The first kappa shape index (κ1) is 17.9. The van der Waals surface area contributed by atoms with Crippen LogP contribution in [0.15, 0.2) is 79.0 Å². The van der Waals surface area contributed by atoms with Gasteiger partial charge in [0.2, 0.25) is 0 Å². The van der Waals surface area contributed by atoms with E-state index in [0.717, 1.165) is 11.3 Å². The molecule has 4 aromatic rings. The van der Waals surface area contributed by atoms with E-state index in [2.05, 4.69) is 68.2 Å². The lowest BCUT2D eigenvalue weighted by Gasteiger charge is -2.20. The van der Waals surface area contributed by atoms with Crippen molar-refractivity contribution in [3.05, 3.63) is 84.6 Å². The Morgan fingerprint density at radius 3 is 2.12 bits per heavy atom. The summed E-state index contributed by atoms with van der Waals surface area (Å²) in [4.78, 5) is 4.36. The Morgan fingerprint density at radius 1 is 0.731 bits per heavy atom. The van der Waals surface area contributed by atoms with Gasteiger partial charge in [-0.05, 0) is 34.6 Å². The van der Waals surface area contributed by atoms with Gasteiger partial charge >= 0.3 is 0 Å². The fraction of sp³-hybridized carbons (Fsp3) is 0.208. The Hall–Kier alpha value is -2.87. The minimum Gasteiger partial charge on any atom is -0.496 e. The molecule has 1 heterocycles. The second-order valence-corrected chi connectivity index (χ2v) is 7.31. The molecule has 0 spiro atoms. The number of hydrogen-bond acceptors (Lipinski definition) is 2. The predicted molar refractivity (Wildman–Crippen MR) is 111 cm³/mol. The van der Waals surface area contributed by atoms with Crippen LogP contribution in [0.1, 0.15) is 26.3 Å². The predicted octanol–water partition coefficient (Wildman–Crippen LogP) is 6.38. The van der Waals surface area contributed by atoms with E-state index < -0.39 is 0 Å². The fourth-order valence-electron chi connectivity index (χ4n) is 3.12. The van der Waals surface area contributed by atoms with E-state index in [0.29, 0.717) is 0 Å². The molecule has 0 aliphatic rings. The third kappa shape index (κ3) is 3.85. The summed E-state index contributed by atoms with van der Waals surface area (Å²) in [5.74, 6) is 0.938. The van der Waals surface area contributed by atoms with Gasteiger partial charge in [-0.25, -0.2) is 0 Å². The van der Waals surface area contributed by atoms with Gasteiger partial charge in [0.1, 0.15) is 5.75 Å². The smallest absolute Gasteiger partial charge is 0.126 e. The molecule has 0 N–H and O–H groups in total. The van der Waals surface area contributed by atoms with E-state index in [1.54, 1.807) is 7.11 Å². The van der Waals surface area contributed by atoms with Gasteiger partial charge in [-0.15, -0.1) is 0 Å². The van der Waals surface area contributed by atoms with E-state index >= 15 is 0 Å². The Morgan fingerprint density at radius 2 is 1.38 bits per heavy atom. The molecule has 0 aliphatic heterocycles. The monoisotopic (exact) mass is 343 g/mol. The van der Waals surface area contributed by atoms with E-state index in [9.17, 15) is 0 Å². The van der Waals surface area contributed by atoms with Crippen molar-refractivity contribution < 1.29 is 4.74 Å². The quantitative estimate of drug-likeness (QED) is 0.400. The first-order chi connectivity index (χ1) is 12.5. The van der Waals surface area contributed by atoms with Crippen LogP contribution in [0, 0.1) is 0 Å². The first-order valence-corrected chi connectivity index (χ1v) is 8.86. The number of ether oxygens (including phenoxy) is 1. The van der Waals surface area contributed by atoms with Crippen LogP contribution >= 0.6 is 0 Å². The molecule has 26 heavy (non-hydrogen) atoms. The molecule has 0 bridgehead atoms. The number of methoxy groups -OCH3 is 1. The molecule has 2 heteroatoms. The highest BCUT2D eigenvalue weighted by molar-refractivity contribution is 5.88. The zero-order valence-corrected chi connectivity index (χ0v) is 15.9. The van der Waals surface area contributed by atoms with Crippen LogP contribution in [0.5, 0.6) is 5.75 Å². The van der Waals surface area contributed by atoms with Crippen LogP contribution in [0.3, 0.4) is 0 Å². The average molecular weight is 343 g/mol. The van der Waals surface area contributed by atoms with Crippen LogP contribution in [-0.2, 0) is 5.41 Å². The number of para-hydroxylation sites is 1. The van der Waals surface area contributed by atoms with E-state index in [1.807, 2.05) is 36.5 Å². The summed E-state index contributed by atoms with van der Waals surface area (Å²) in [7, 11) is 1.70. The van der Waals surface area contributed by atoms with Gasteiger partial charge < -0.3 is 4.74 Å². The molecule has 1 aromatic heterocycles. The molecule has 4 rings (SSSR count). The minimum absolute atomic E-state index is 0.183. The van der Waals surface area contributed by atoms with Crippen molar-refractivity contribution in [3.8, 4) is 5.75 Å². The van der Waals surface area contributed by atoms with Gasteiger partial charge in [0.05, 0.1) is 12.6 Å². The van der Waals surface area contributed by atoms with Gasteiger partial charge in [-0.2, -0.15) is 0 Å². The zero-order chi connectivity index (χ0) is 18.6. The number of benzene rings is 3. The molecule has 0 unspecified atom stereocenters. The fourth-order valence-corrected chi connectivity index (χ4v) is 3.12. The van der Waals surface area contributed by atoms with Crippen molar-refractivity contribution in [2.45, 2.75) is 26.2 Å². The van der Waals surface area contributed by atoms with Crippen molar-refractivity contribution in [1.29, 1.82) is 0 Å². The van der Waals surface area contributed by atoms with Crippen molar-refractivity contribution in [1.82, 2.24) is 4.98 Å². The van der Waals surface area contributed by atoms with Crippen molar-refractivity contribution >= 4 is 21.7 Å². The second kappa shape index (κ2) is 7.57. The normalized spacial score (nSPS) is 11.1. The summed E-state index contributed by atoms with van der Waals surface area (Å²) < 4.78 is 5.23. The molecule has 2 nitrogen and oxygen atoms in total. The maximum Gasteiger partial charge on any atom is 0.126 e. The standard InChI is InChI=1S/C13H15N.C11H10O/c1-13(2,3)11-8-9-14-12-7-5-4-6-10(11)12;1-12-11-8-4-6-9-5-2-3-7-10(9)11/h4-9H,1-3H3;2-8H,1H3. The number of nitrogens with zero attached hydrogens (tertiary/aromatic N) is 1. The molecule has 0 radical (unpaired) electrons. The Balaban J connectivity index is 0.000000152. The van der Waals surface area contributed by atoms with E-state index in [4.69, 9.17) is 4.74 Å². The van der Waals surface area contributed by atoms with Crippen LogP contribution in [0.4, 0.5) is 0 Å². The molecule has 0 amide bonds. The first-order valence-electron chi connectivity index (χ1n) is 8.86. The molecule has 132 valence electrons. The Kier molecular flexibility index (Phi) is 5.22. The Bertz CT molecular complexity index is 1000. The molecule has 0 atom stereocenters. The number of hydrogen-bond donors (Lipinski definition) is 0. The van der Waals surface area contributed by atoms with Gasteiger partial charge in [0.15, 0.2) is 0 Å². The van der Waals surface area contributed by atoms with Crippen LogP contribution in [0.2, 0.25) is 0 Å². The molecule has 0 aliphatic carbocycles. The summed E-state index contributed by atoms with van der Waals surface area (Å²) in [6.07, 6.45) is 1.89. The van der Waals surface area contributed by atoms with E-state index in [-0.39, 0.29) is 5.41 Å². The van der Waals surface area contributed by atoms with Crippen molar-refractivity contribution in [2.75, 3.05) is 7.11 Å². The second-order valence-electron chi connectivity index (χ2n) is 7.31. The van der Waals surface area contributed by atoms with Gasteiger partial charge in [-0.1, -0.05) is 75.4 Å². The summed E-state index contributed by atoms with van der Waals surface area (Å²) in [5.41, 5.74) is 2.63. The Labute approximate surface area is 155 Å². The van der Waals surface area contributed by atoms with Gasteiger partial charge in [0, 0.05) is 17.0 Å². The third-order valence-electron chi connectivity index (χ3n) is 4.43. The van der Waals surface area contributed by atoms with Crippen LogP contribution in [0.25, 0.3) is 21.7 Å². The number of rotatable bonds is 1. The highest BCUT2D eigenvalue weighted by Gasteiger charge is 2.16. The molecule has 0 fully saturated rings. The molecule has 0 saturated carbocycles. The average Bonchev–Trinajstić information content (AvgIpc) is 2.67. The van der Waals surface area contributed by atoms with Gasteiger partial charge in [0.25, 0.3) is 0 Å². The van der Waals surface area contributed by atoms with Crippen LogP contribution in [-0.4, -0.2) is 12.1 Å². The largest absolute Gasteiger partial charge is 0.496 e. The number of pyridine rings is 1. The molecule has 3 aromatic carbocycles. The zero-order valence-electron chi connectivity index (χ0n) is 15.9. The van der Waals surface area contributed by atoms with E-state index in [1.165, 1.54) is 21.7 Å². The molecule has 0 saturated heterocycles. The number of aromatic nitrogens is 1. The van der Waals surface area contributed by atoms with Crippen molar-refractivity contribution in [3.63, 3.8) is 0 Å². The minimum atomic E-state index is 0.183. The molecular formula is C24H25NO.